The summed E-state index contributed by atoms with van der Waals surface area (Å²) in [7, 11) is -0.540. The zero-order valence-corrected chi connectivity index (χ0v) is 15.3. The molecule has 2 aromatic rings. The fourth-order valence-corrected chi connectivity index (χ4v) is 4.33. The molecule has 8 nitrogen and oxygen atoms in total. The minimum Gasteiger partial charge on any atom is -0.478 e. The van der Waals surface area contributed by atoms with Crippen LogP contribution in [0.4, 0.5) is 0 Å². The minimum absolute atomic E-state index is 0.160. The van der Waals surface area contributed by atoms with E-state index in [2.05, 4.69) is 9.97 Å². The molecule has 138 valence electrons. The van der Waals surface area contributed by atoms with Gasteiger partial charge >= 0.3 is 5.97 Å². The first-order chi connectivity index (χ1) is 12.3. The summed E-state index contributed by atoms with van der Waals surface area (Å²) in [6.07, 6.45) is 4.53. The summed E-state index contributed by atoms with van der Waals surface area (Å²) in [6.45, 7) is 0.436. The van der Waals surface area contributed by atoms with E-state index in [1.54, 1.807) is 24.5 Å². The summed E-state index contributed by atoms with van der Waals surface area (Å²) in [5.41, 5.74) is 1.86. The predicted molar refractivity (Wildman–Crippen MR) is 95.7 cm³/mol. The van der Waals surface area contributed by atoms with Crippen molar-refractivity contribution in [3.63, 3.8) is 0 Å². The van der Waals surface area contributed by atoms with Gasteiger partial charge < -0.3 is 5.11 Å². The minimum atomic E-state index is -3.55. The monoisotopic (exact) mass is 376 g/mol. The first kappa shape index (κ1) is 18.4. The van der Waals surface area contributed by atoms with Gasteiger partial charge in [-0.3, -0.25) is 4.98 Å². The fourth-order valence-electron chi connectivity index (χ4n) is 3.01. The molecule has 0 saturated carbocycles. The Morgan fingerprint density at radius 1 is 1.31 bits per heavy atom. The molecule has 0 aliphatic carbocycles. The van der Waals surface area contributed by atoms with Gasteiger partial charge in [-0.25, -0.2) is 9.78 Å². The Morgan fingerprint density at radius 3 is 2.77 bits per heavy atom. The number of carbonyl (C=O) groups is 1. The van der Waals surface area contributed by atoms with Crippen LogP contribution >= 0.6 is 0 Å². The normalized spacial score (nSPS) is 18.3. The maximum absolute atomic E-state index is 12.5. The van der Waals surface area contributed by atoms with Gasteiger partial charge in [0.05, 0.1) is 35.4 Å². The van der Waals surface area contributed by atoms with E-state index in [9.17, 15) is 13.2 Å². The number of rotatable bonds is 5. The van der Waals surface area contributed by atoms with Gasteiger partial charge in [0, 0.05) is 26.2 Å². The second kappa shape index (κ2) is 7.10. The van der Waals surface area contributed by atoms with Crippen LogP contribution in [0.3, 0.4) is 0 Å². The van der Waals surface area contributed by atoms with Crippen molar-refractivity contribution < 1.29 is 18.3 Å². The van der Waals surface area contributed by atoms with Crippen molar-refractivity contribution >= 4 is 16.2 Å². The molecule has 1 atom stereocenters. The van der Waals surface area contributed by atoms with Gasteiger partial charge in [0.1, 0.15) is 0 Å². The number of aromatic carboxylic acids is 1. The summed E-state index contributed by atoms with van der Waals surface area (Å²) in [4.78, 5) is 19.9. The van der Waals surface area contributed by atoms with Crippen LogP contribution in [0.5, 0.6) is 0 Å². The SMILES string of the molecule is CN(C)S(=O)(=O)N1CCC[C@H]1c1cncc(-c2cccc(C(=O)O)c2)n1. The zero-order chi connectivity index (χ0) is 18.9. The maximum Gasteiger partial charge on any atom is 0.335 e. The third-order valence-corrected chi connectivity index (χ3v) is 6.31. The molecule has 3 rings (SSSR count). The zero-order valence-electron chi connectivity index (χ0n) is 14.5. The molecule has 1 fully saturated rings. The van der Waals surface area contributed by atoms with Crippen LogP contribution in [0.15, 0.2) is 36.7 Å². The average molecular weight is 376 g/mol. The van der Waals surface area contributed by atoms with E-state index in [4.69, 9.17) is 5.11 Å². The summed E-state index contributed by atoms with van der Waals surface area (Å²) in [5, 5.41) is 9.15. The molecule has 26 heavy (non-hydrogen) atoms. The first-order valence-corrected chi connectivity index (χ1v) is 9.55. The largest absolute Gasteiger partial charge is 0.478 e. The van der Waals surface area contributed by atoms with Gasteiger partial charge in [0.25, 0.3) is 10.2 Å². The molecule has 0 spiro atoms. The number of nitrogens with zero attached hydrogens (tertiary/aromatic N) is 4. The highest BCUT2D eigenvalue weighted by atomic mass is 32.2. The quantitative estimate of drug-likeness (QED) is 0.853. The van der Waals surface area contributed by atoms with E-state index in [1.165, 1.54) is 34.8 Å². The van der Waals surface area contributed by atoms with Crippen molar-refractivity contribution in [2.75, 3.05) is 20.6 Å². The van der Waals surface area contributed by atoms with E-state index in [0.29, 0.717) is 29.9 Å². The third-order valence-electron chi connectivity index (χ3n) is 4.36. The lowest BCUT2D eigenvalue weighted by Gasteiger charge is -2.26. The van der Waals surface area contributed by atoms with Crippen molar-refractivity contribution in [3.8, 4) is 11.3 Å². The van der Waals surface area contributed by atoms with Crippen LogP contribution < -0.4 is 0 Å². The van der Waals surface area contributed by atoms with Gasteiger partial charge in [0.15, 0.2) is 0 Å². The summed E-state index contributed by atoms with van der Waals surface area (Å²) in [6, 6.07) is 6.05. The van der Waals surface area contributed by atoms with Crippen molar-refractivity contribution in [2.45, 2.75) is 18.9 Å². The molecule has 9 heteroatoms. The molecule has 0 radical (unpaired) electrons. The smallest absolute Gasteiger partial charge is 0.335 e. The van der Waals surface area contributed by atoms with Crippen LogP contribution in [0.2, 0.25) is 0 Å². The number of carboxylic acids is 1. The summed E-state index contributed by atoms with van der Waals surface area (Å²) in [5.74, 6) is -1.02. The molecule has 0 bridgehead atoms. The lowest BCUT2D eigenvalue weighted by atomic mass is 10.1. The Bertz CT molecular complexity index is 930. The first-order valence-electron chi connectivity index (χ1n) is 8.15. The van der Waals surface area contributed by atoms with Crippen LogP contribution in [0.25, 0.3) is 11.3 Å². The lowest BCUT2D eigenvalue weighted by molar-refractivity contribution is 0.0697. The molecule has 1 N–H and O–H groups in total. The van der Waals surface area contributed by atoms with E-state index in [1.807, 2.05) is 0 Å². The number of hydrogen-bond donors (Lipinski definition) is 1. The second-order valence-electron chi connectivity index (χ2n) is 6.27. The highest BCUT2D eigenvalue weighted by Crippen LogP contribution is 2.34. The van der Waals surface area contributed by atoms with Crippen LogP contribution in [0, 0.1) is 0 Å². The molecular weight excluding hydrogens is 356 g/mol. The molecule has 1 aromatic carbocycles. The Hall–Kier alpha value is -2.36. The van der Waals surface area contributed by atoms with Crippen LogP contribution in [0.1, 0.15) is 34.9 Å². The van der Waals surface area contributed by atoms with Crippen LogP contribution in [-0.4, -0.2) is 58.7 Å². The molecule has 2 heterocycles. The second-order valence-corrected chi connectivity index (χ2v) is 8.37. The third kappa shape index (κ3) is 3.46. The van der Waals surface area contributed by atoms with Gasteiger partial charge in [-0.2, -0.15) is 17.0 Å². The van der Waals surface area contributed by atoms with Crippen molar-refractivity contribution in [2.24, 2.45) is 0 Å². The molecule has 1 saturated heterocycles. The number of benzene rings is 1. The van der Waals surface area contributed by atoms with Gasteiger partial charge in [-0.15, -0.1) is 0 Å². The molecule has 0 amide bonds. The standard InChI is InChI=1S/C17H20N4O4S/c1-20(2)26(24,25)21-8-4-7-16(21)15-11-18-10-14(19-15)12-5-3-6-13(9-12)17(22)23/h3,5-6,9-11,16H,4,7-8H2,1-2H3,(H,22,23)/t16-/m0/s1. The average Bonchev–Trinajstić information content (AvgIpc) is 3.12. The summed E-state index contributed by atoms with van der Waals surface area (Å²) < 4.78 is 27.7. The highest BCUT2D eigenvalue weighted by molar-refractivity contribution is 7.86. The van der Waals surface area contributed by atoms with Crippen LogP contribution in [-0.2, 0) is 10.2 Å². The molecule has 1 aliphatic rings. The topological polar surface area (TPSA) is 104 Å². The van der Waals surface area contributed by atoms with Gasteiger partial charge in [0.2, 0.25) is 0 Å². The number of aromatic nitrogens is 2. The van der Waals surface area contributed by atoms with E-state index in [0.717, 1.165) is 6.42 Å². The van der Waals surface area contributed by atoms with E-state index >= 15 is 0 Å². The molecular formula is C17H20N4O4S. The Kier molecular flexibility index (Phi) is 5.03. The Balaban J connectivity index is 1.97. The predicted octanol–water partition coefficient (Wildman–Crippen LogP) is 1.79. The molecule has 0 unspecified atom stereocenters. The lowest BCUT2D eigenvalue weighted by Crippen LogP contribution is -2.39. The molecule has 1 aliphatic heterocycles. The van der Waals surface area contributed by atoms with Crippen molar-refractivity contribution in [1.29, 1.82) is 0 Å². The molecule has 1 aromatic heterocycles. The fraction of sp³-hybridized carbons (Fsp3) is 0.353. The number of hydrogen-bond acceptors (Lipinski definition) is 5. The highest BCUT2D eigenvalue weighted by Gasteiger charge is 2.37. The van der Waals surface area contributed by atoms with Gasteiger partial charge in [-0.05, 0) is 25.0 Å². The maximum atomic E-state index is 12.5. The Labute approximate surface area is 152 Å². The Morgan fingerprint density at radius 2 is 2.08 bits per heavy atom. The van der Waals surface area contributed by atoms with E-state index in [-0.39, 0.29) is 11.6 Å². The summed E-state index contributed by atoms with van der Waals surface area (Å²) >= 11 is 0. The van der Waals surface area contributed by atoms with E-state index < -0.39 is 16.2 Å². The van der Waals surface area contributed by atoms with Crippen molar-refractivity contribution in [3.05, 3.63) is 47.9 Å². The van der Waals surface area contributed by atoms with Crippen molar-refractivity contribution in [1.82, 2.24) is 18.6 Å². The number of carboxylic acid groups (broad SMARTS) is 1. The van der Waals surface area contributed by atoms with Gasteiger partial charge in [-0.1, -0.05) is 12.1 Å².